The van der Waals surface area contributed by atoms with Gasteiger partial charge in [-0.2, -0.15) is 0 Å². The molecular formula is C18H20FNO. The summed E-state index contributed by atoms with van der Waals surface area (Å²) in [7, 11) is 0. The maximum Gasteiger partial charge on any atom is 0.231 e. The first-order valence-electron chi connectivity index (χ1n) is 7.23. The van der Waals surface area contributed by atoms with Crippen molar-refractivity contribution >= 4 is 11.6 Å². The summed E-state index contributed by atoms with van der Waals surface area (Å²) in [5.74, 6) is -0.517. The molecule has 0 aromatic heterocycles. The number of anilines is 1. The van der Waals surface area contributed by atoms with Crippen molar-refractivity contribution in [2.75, 3.05) is 5.32 Å². The highest BCUT2D eigenvalue weighted by atomic mass is 19.1. The molecule has 0 saturated carbocycles. The van der Waals surface area contributed by atoms with E-state index < -0.39 is 0 Å². The fourth-order valence-electron chi connectivity index (χ4n) is 2.41. The van der Waals surface area contributed by atoms with Gasteiger partial charge in [-0.05, 0) is 42.7 Å². The summed E-state index contributed by atoms with van der Waals surface area (Å²) < 4.78 is 13.1. The lowest BCUT2D eigenvalue weighted by Crippen LogP contribution is -2.21. The molecule has 1 atom stereocenters. The average molecular weight is 285 g/mol. The van der Waals surface area contributed by atoms with Crippen LogP contribution < -0.4 is 5.32 Å². The van der Waals surface area contributed by atoms with E-state index in [0.29, 0.717) is 5.69 Å². The van der Waals surface area contributed by atoms with Gasteiger partial charge in [0.25, 0.3) is 0 Å². The summed E-state index contributed by atoms with van der Waals surface area (Å²) in [5.41, 5.74) is 2.40. The van der Waals surface area contributed by atoms with E-state index in [1.807, 2.05) is 30.3 Å². The molecule has 0 aliphatic carbocycles. The Balaban J connectivity index is 2.19. The normalized spacial score (nSPS) is 12.0. The van der Waals surface area contributed by atoms with Crippen LogP contribution in [-0.4, -0.2) is 5.91 Å². The van der Waals surface area contributed by atoms with Crippen molar-refractivity contribution in [2.24, 2.45) is 0 Å². The van der Waals surface area contributed by atoms with Crippen LogP contribution in [0.5, 0.6) is 0 Å². The summed E-state index contributed by atoms with van der Waals surface area (Å²) in [6.07, 6.45) is 1.71. The van der Waals surface area contributed by atoms with Crippen molar-refractivity contribution in [3.63, 3.8) is 0 Å². The van der Waals surface area contributed by atoms with Gasteiger partial charge in [-0.15, -0.1) is 0 Å². The fraction of sp³-hybridized carbons (Fsp3) is 0.278. The Bertz CT molecular complexity index is 610. The lowest BCUT2D eigenvalue weighted by atomic mass is 9.93. The van der Waals surface area contributed by atoms with Crippen LogP contribution in [0.1, 0.15) is 36.8 Å². The van der Waals surface area contributed by atoms with Gasteiger partial charge in [-0.3, -0.25) is 4.79 Å². The largest absolute Gasteiger partial charge is 0.325 e. The molecule has 1 unspecified atom stereocenters. The van der Waals surface area contributed by atoms with Crippen molar-refractivity contribution < 1.29 is 9.18 Å². The van der Waals surface area contributed by atoms with Crippen LogP contribution in [0.25, 0.3) is 0 Å². The molecule has 0 heterocycles. The third kappa shape index (κ3) is 3.91. The standard InChI is InChI=1S/C18H20FNO/c1-3-7-16(14-8-5-4-6-9-14)18(21)20-17-11-10-15(19)12-13(17)2/h4-6,8-12,16H,3,7H2,1-2H3,(H,20,21). The Labute approximate surface area is 125 Å². The smallest absolute Gasteiger partial charge is 0.231 e. The number of nitrogens with one attached hydrogen (secondary N) is 1. The summed E-state index contributed by atoms with van der Waals surface area (Å²) in [6.45, 7) is 3.85. The minimum Gasteiger partial charge on any atom is -0.325 e. The zero-order valence-electron chi connectivity index (χ0n) is 12.4. The zero-order valence-corrected chi connectivity index (χ0v) is 12.4. The van der Waals surface area contributed by atoms with Gasteiger partial charge in [-0.25, -0.2) is 4.39 Å². The molecule has 110 valence electrons. The first-order chi connectivity index (χ1) is 10.1. The first-order valence-corrected chi connectivity index (χ1v) is 7.23. The van der Waals surface area contributed by atoms with Gasteiger partial charge < -0.3 is 5.32 Å². The first kappa shape index (κ1) is 15.2. The lowest BCUT2D eigenvalue weighted by Gasteiger charge is -2.17. The fourth-order valence-corrected chi connectivity index (χ4v) is 2.41. The molecule has 1 N–H and O–H groups in total. The molecule has 0 aliphatic heterocycles. The average Bonchev–Trinajstić information content (AvgIpc) is 2.48. The number of carbonyl (C=O) groups excluding carboxylic acids is 1. The van der Waals surface area contributed by atoms with Crippen molar-refractivity contribution in [3.05, 3.63) is 65.5 Å². The summed E-state index contributed by atoms with van der Waals surface area (Å²) >= 11 is 0. The molecular weight excluding hydrogens is 265 g/mol. The lowest BCUT2D eigenvalue weighted by molar-refractivity contribution is -0.117. The number of carbonyl (C=O) groups is 1. The van der Waals surface area contributed by atoms with Crippen LogP contribution in [0, 0.1) is 12.7 Å². The topological polar surface area (TPSA) is 29.1 Å². The maximum atomic E-state index is 13.1. The van der Waals surface area contributed by atoms with Crippen molar-refractivity contribution in [2.45, 2.75) is 32.6 Å². The number of halogens is 1. The molecule has 2 aromatic rings. The quantitative estimate of drug-likeness (QED) is 0.850. The van der Waals surface area contributed by atoms with Gasteiger partial charge in [0.05, 0.1) is 5.92 Å². The third-order valence-corrected chi connectivity index (χ3v) is 3.54. The summed E-state index contributed by atoms with van der Waals surface area (Å²) in [5, 5.41) is 2.92. The van der Waals surface area contributed by atoms with E-state index in [1.165, 1.54) is 12.1 Å². The van der Waals surface area contributed by atoms with E-state index in [2.05, 4.69) is 12.2 Å². The highest BCUT2D eigenvalue weighted by molar-refractivity contribution is 5.96. The van der Waals surface area contributed by atoms with Gasteiger partial charge in [0.2, 0.25) is 5.91 Å². The second-order valence-corrected chi connectivity index (χ2v) is 5.20. The minimum atomic E-state index is -0.293. The molecule has 3 heteroatoms. The van der Waals surface area contributed by atoms with Crippen LogP contribution in [0.2, 0.25) is 0 Å². The van der Waals surface area contributed by atoms with Crippen LogP contribution in [0.3, 0.4) is 0 Å². The molecule has 0 aliphatic rings. The van der Waals surface area contributed by atoms with E-state index >= 15 is 0 Å². The molecule has 2 rings (SSSR count). The summed E-state index contributed by atoms with van der Waals surface area (Å²) in [6, 6.07) is 14.1. The highest BCUT2D eigenvalue weighted by Gasteiger charge is 2.20. The van der Waals surface area contributed by atoms with Gasteiger partial charge in [-0.1, -0.05) is 43.7 Å². The highest BCUT2D eigenvalue weighted by Crippen LogP contribution is 2.24. The molecule has 0 bridgehead atoms. The number of aryl methyl sites for hydroxylation is 1. The van der Waals surface area contributed by atoms with Crippen molar-refractivity contribution in [1.29, 1.82) is 0 Å². The molecule has 21 heavy (non-hydrogen) atoms. The molecule has 2 aromatic carbocycles. The van der Waals surface area contributed by atoms with E-state index in [4.69, 9.17) is 0 Å². The van der Waals surface area contributed by atoms with Crippen LogP contribution in [0.4, 0.5) is 10.1 Å². The second kappa shape index (κ2) is 7.02. The van der Waals surface area contributed by atoms with Crippen LogP contribution >= 0.6 is 0 Å². The maximum absolute atomic E-state index is 13.1. The molecule has 1 amide bonds. The van der Waals surface area contributed by atoms with Gasteiger partial charge in [0, 0.05) is 5.69 Å². The van der Waals surface area contributed by atoms with E-state index in [0.717, 1.165) is 24.0 Å². The summed E-state index contributed by atoms with van der Waals surface area (Å²) in [4.78, 5) is 12.5. The SMILES string of the molecule is CCCC(C(=O)Nc1ccc(F)cc1C)c1ccccc1. The third-order valence-electron chi connectivity index (χ3n) is 3.54. The van der Waals surface area contributed by atoms with Gasteiger partial charge in [0.15, 0.2) is 0 Å². The number of hydrogen-bond acceptors (Lipinski definition) is 1. The second-order valence-electron chi connectivity index (χ2n) is 5.20. The van der Waals surface area contributed by atoms with E-state index in [-0.39, 0.29) is 17.6 Å². The van der Waals surface area contributed by atoms with Gasteiger partial charge >= 0.3 is 0 Å². The number of benzene rings is 2. The van der Waals surface area contributed by atoms with E-state index in [1.54, 1.807) is 13.0 Å². The molecule has 2 nitrogen and oxygen atoms in total. The monoisotopic (exact) mass is 285 g/mol. The Morgan fingerprint density at radius 3 is 2.52 bits per heavy atom. The number of hydrogen-bond donors (Lipinski definition) is 1. The predicted molar refractivity (Wildman–Crippen MR) is 83.9 cm³/mol. The Kier molecular flexibility index (Phi) is 5.09. The molecule has 0 radical (unpaired) electrons. The van der Waals surface area contributed by atoms with Crippen LogP contribution in [-0.2, 0) is 4.79 Å². The van der Waals surface area contributed by atoms with E-state index in [9.17, 15) is 9.18 Å². The number of amides is 1. The Morgan fingerprint density at radius 2 is 1.90 bits per heavy atom. The van der Waals surface area contributed by atoms with Crippen LogP contribution in [0.15, 0.2) is 48.5 Å². The molecule has 0 fully saturated rings. The number of rotatable bonds is 5. The molecule has 0 saturated heterocycles. The zero-order chi connectivity index (χ0) is 15.2. The van der Waals surface area contributed by atoms with Crippen molar-refractivity contribution in [3.8, 4) is 0 Å². The minimum absolute atomic E-state index is 0.0437. The van der Waals surface area contributed by atoms with Crippen molar-refractivity contribution in [1.82, 2.24) is 0 Å². The molecule has 0 spiro atoms. The Morgan fingerprint density at radius 1 is 1.19 bits per heavy atom. The Hall–Kier alpha value is -2.16. The predicted octanol–water partition coefficient (Wildman–Crippen LogP) is 4.66. The van der Waals surface area contributed by atoms with Gasteiger partial charge in [0.1, 0.15) is 5.82 Å².